The Morgan fingerprint density at radius 1 is 0.676 bits per heavy atom. The normalized spacial score (nSPS) is 11.1. The summed E-state index contributed by atoms with van der Waals surface area (Å²) in [6.07, 6.45) is -0.460. The SMILES string of the molecule is CN(C)CCOCCOCCOCCOCCOCCOCCNC(=O)OCc1ccccc1. The molecule has 1 aromatic rings. The zero-order valence-electron chi connectivity index (χ0n) is 20.7. The van der Waals surface area contributed by atoms with E-state index in [2.05, 4.69) is 10.2 Å². The topological polar surface area (TPSA) is 97.0 Å². The summed E-state index contributed by atoms with van der Waals surface area (Å²) in [5.41, 5.74) is 0.945. The van der Waals surface area contributed by atoms with Crippen molar-refractivity contribution in [1.82, 2.24) is 10.2 Å². The summed E-state index contributed by atoms with van der Waals surface area (Å²) in [6, 6.07) is 9.52. The van der Waals surface area contributed by atoms with Crippen LogP contribution in [0.4, 0.5) is 4.79 Å². The minimum Gasteiger partial charge on any atom is -0.445 e. The van der Waals surface area contributed by atoms with Crippen molar-refractivity contribution in [3.05, 3.63) is 35.9 Å². The number of benzene rings is 1. The lowest BCUT2D eigenvalue weighted by molar-refractivity contribution is -0.0170. The standard InChI is InChI=1S/C24H42N2O8/c1-26(2)9-11-29-13-15-31-17-19-33-21-20-32-18-16-30-14-12-28-10-8-25-24(27)34-22-23-6-4-3-5-7-23/h3-7H,8-22H2,1-2H3,(H,25,27). The van der Waals surface area contributed by atoms with Crippen molar-refractivity contribution < 1.29 is 38.0 Å². The molecule has 0 aromatic heterocycles. The summed E-state index contributed by atoms with van der Waals surface area (Å²) < 4.78 is 37.7. The van der Waals surface area contributed by atoms with E-state index in [4.69, 9.17) is 33.2 Å². The van der Waals surface area contributed by atoms with Gasteiger partial charge in [0.2, 0.25) is 0 Å². The van der Waals surface area contributed by atoms with Gasteiger partial charge in [-0.2, -0.15) is 0 Å². The average Bonchev–Trinajstić information content (AvgIpc) is 2.84. The maximum absolute atomic E-state index is 11.6. The molecular weight excluding hydrogens is 444 g/mol. The van der Waals surface area contributed by atoms with Crippen LogP contribution < -0.4 is 5.32 Å². The Labute approximate surface area is 203 Å². The summed E-state index contributed by atoms with van der Waals surface area (Å²) in [6.45, 7) is 7.85. The first-order valence-electron chi connectivity index (χ1n) is 11.7. The number of alkyl carbamates (subject to hydrolysis) is 1. The maximum Gasteiger partial charge on any atom is 0.407 e. The summed E-state index contributed by atoms with van der Waals surface area (Å²) in [7, 11) is 4.03. The van der Waals surface area contributed by atoms with Crippen LogP contribution in [0.25, 0.3) is 0 Å². The molecule has 0 aliphatic carbocycles. The van der Waals surface area contributed by atoms with Crippen LogP contribution in [0.2, 0.25) is 0 Å². The number of carbonyl (C=O) groups is 1. The molecule has 196 valence electrons. The van der Waals surface area contributed by atoms with Gasteiger partial charge in [0, 0.05) is 13.1 Å². The molecule has 1 rings (SSSR count). The molecule has 0 bridgehead atoms. The number of nitrogens with one attached hydrogen (secondary N) is 1. The van der Waals surface area contributed by atoms with Crippen LogP contribution in [0.15, 0.2) is 30.3 Å². The van der Waals surface area contributed by atoms with Crippen molar-refractivity contribution in [3.8, 4) is 0 Å². The van der Waals surface area contributed by atoms with Gasteiger partial charge in [0.25, 0.3) is 0 Å². The number of carbonyl (C=O) groups excluding carboxylic acids is 1. The Morgan fingerprint density at radius 3 is 1.59 bits per heavy atom. The average molecular weight is 487 g/mol. The number of hydrogen-bond acceptors (Lipinski definition) is 9. The van der Waals surface area contributed by atoms with Crippen LogP contribution in [0.5, 0.6) is 0 Å². The van der Waals surface area contributed by atoms with Gasteiger partial charge in [0.1, 0.15) is 6.61 Å². The number of hydrogen-bond donors (Lipinski definition) is 1. The van der Waals surface area contributed by atoms with Crippen LogP contribution in [-0.2, 0) is 39.8 Å². The highest BCUT2D eigenvalue weighted by Gasteiger charge is 2.01. The van der Waals surface area contributed by atoms with E-state index in [1.807, 2.05) is 44.4 Å². The van der Waals surface area contributed by atoms with Gasteiger partial charge in [0.05, 0.1) is 79.3 Å². The van der Waals surface area contributed by atoms with E-state index in [9.17, 15) is 4.79 Å². The Morgan fingerprint density at radius 2 is 1.12 bits per heavy atom. The molecule has 0 aliphatic heterocycles. The summed E-state index contributed by atoms with van der Waals surface area (Å²) in [4.78, 5) is 13.7. The predicted molar refractivity (Wildman–Crippen MR) is 128 cm³/mol. The molecule has 1 aromatic carbocycles. The summed E-state index contributed by atoms with van der Waals surface area (Å²) >= 11 is 0. The van der Waals surface area contributed by atoms with Crippen molar-refractivity contribution in [3.63, 3.8) is 0 Å². The highest BCUT2D eigenvalue weighted by molar-refractivity contribution is 5.67. The first-order chi connectivity index (χ1) is 16.7. The van der Waals surface area contributed by atoms with Crippen molar-refractivity contribution in [2.75, 3.05) is 106 Å². The minimum absolute atomic E-state index is 0.248. The third-order valence-corrected chi connectivity index (χ3v) is 4.27. The third kappa shape index (κ3) is 20.8. The second-order valence-electron chi connectivity index (χ2n) is 7.47. The number of amides is 1. The van der Waals surface area contributed by atoms with Gasteiger partial charge in [-0.3, -0.25) is 0 Å². The fourth-order valence-electron chi connectivity index (χ4n) is 2.45. The molecule has 0 spiro atoms. The van der Waals surface area contributed by atoms with E-state index in [-0.39, 0.29) is 6.61 Å². The first kappa shape index (κ1) is 30.2. The van der Waals surface area contributed by atoms with Gasteiger partial charge < -0.3 is 43.4 Å². The van der Waals surface area contributed by atoms with E-state index in [0.29, 0.717) is 85.8 Å². The highest BCUT2D eigenvalue weighted by atomic mass is 16.6. The van der Waals surface area contributed by atoms with Crippen LogP contribution in [0.3, 0.4) is 0 Å². The third-order valence-electron chi connectivity index (χ3n) is 4.27. The van der Waals surface area contributed by atoms with Gasteiger partial charge >= 0.3 is 6.09 Å². The molecule has 0 radical (unpaired) electrons. The molecule has 10 nitrogen and oxygen atoms in total. The molecule has 0 saturated carbocycles. The van der Waals surface area contributed by atoms with Crippen molar-refractivity contribution >= 4 is 6.09 Å². The molecule has 0 unspecified atom stereocenters. The second-order valence-corrected chi connectivity index (χ2v) is 7.47. The van der Waals surface area contributed by atoms with E-state index in [1.54, 1.807) is 0 Å². The number of ether oxygens (including phenoxy) is 7. The molecule has 0 aliphatic rings. The zero-order valence-corrected chi connectivity index (χ0v) is 20.7. The molecule has 0 saturated heterocycles. The maximum atomic E-state index is 11.6. The number of nitrogens with zero attached hydrogens (tertiary/aromatic N) is 1. The van der Waals surface area contributed by atoms with Gasteiger partial charge in [0.15, 0.2) is 0 Å². The van der Waals surface area contributed by atoms with Crippen molar-refractivity contribution in [2.45, 2.75) is 6.61 Å². The van der Waals surface area contributed by atoms with Crippen molar-refractivity contribution in [1.29, 1.82) is 0 Å². The molecule has 0 atom stereocenters. The van der Waals surface area contributed by atoms with Gasteiger partial charge in [-0.1, -0.05) is 30.3 Å². The zero-order chi connectivity index (χ0) is 24.5. The lowest BCUT2D eigenvalue weighted by atomic mass is 10.2. The fourth-order valence-corrected chi connectivity index (χ4v) is 2.45. The van der Waals surface area contributed by atoms with Gasteiger partial charge in [-0.15, -0.1) is 0 Å². The Hall–Kier alpha value is -1.79. The van der Waals surface area contributed by atoms with Gasteiger partial charge in [-0.25, -0.2) is 4.79 Å². The lowest BCUT2D eigenvalue weighted by Crippen LogP contribution is -2.28. The molecule has 0 heterocycles. The first-order valence-corrected chi connectivity index (χ1v) is 11.7. The largest absolute Gasteiger partial charge is 0.445 e. The summed E-state index contributed by atoms with van der Waals surface area (Å²) in [5, 5.41) is 2.64. The van der Waals surface area contributed by atoms with E-state index < -0.39 is 6.09 Å². The number of rotatable bonds is 23. The monoisotopic (exact) mass is 486 g/mol. The molecule has 34 heavy (non-hydrogen) atoms. The van der Waals surface area contributed by atoms with Crippen LogP contribution in [-0.4, -0.2) is 117 Å². The fraction of sp³-hybridized carbons (Fsp3) is 0.708. The molecular formula is C24H42N2O8. The quantitative estimate of drug-likeness (QED) is 0.231. The van der Waals surface area contributed by atoms with E-state index in [1.165, 1.54) is 0 Å². The predicted octanol–water partition coefficient (Wildman–Crippen LogP) is 1.57. The highest BCUT2D eigenvalue weighted by Crippen LogP contribution is 2.00. The summed E-state index contributed by atoms with van der Waals surface area (Å²) in [5.74, 6) is 0. The van der Waals surface area contributed by atoms with E-state index >= 15 is 0 Å². The molecule has 10 heteroatoms. The Balaban J connectivity index is 1.70. The van der Waals surface area contributed by atoms with Gasteiger partial charge in [-0.05, 0) is 19.7 Å². The van der Waals surface area contributed by atoms with Crippen LogP contribution in [0, 0.1) is 0 Å². The number of likely N-dealkylation sites (N-methyl/N-ethyl adjacent to an activating group) is 1. The van der Waals surface area contributed by atoms with Crippen LogP contribution >= 0.6 is 0 Å². The second kappa shape index (κ2) is 23.0. The van der Waals surface area contributed by atoms with E-state index in [0.717, 1.165) is 12.1 Å². The molecule has 0 fully saturated rings. The van der Waals surface area contributed by atoms with Crippen molar-refractivity contribution in [2.24, 2.45) is 0 Å². The Kier molecular flexibility index (Phi) is 20.4. The smallest absolute Gasteiger partial charge is 0.407 e. The Bertz CT molecular complexity index is 577. The molecule has 1 N–H and O–H groups in total. The minimum atomic E-state index is -0.460. The van der Waals surface area contributed by atoms with Crippen LogP contribution in [0.1, 0.15) is 5.56 Å². The molecule has 1 amide bonds. The lowest BCUT2D eigenvalue weighted by Gasteiger charge is -2.10.